The van der Waals surface area contributed by atoms with E-state index < -0.39 is 0 Å². The maximum absolute atomic E-state index is 12.2. The fourth-order valence-electron chi connectivity index (χ4n) is 9.42. The normalized spacial score (nSPS) is 44.9. The van der Waals surface area contributed by atoms with Gasteiger partial charge in [-0.25, -0.2) is 0 Å². The zero-order valence-corrected chi connectivity index (χ0v) is 21.8. The zero-order chi connectivity index (χ0) is 24.2. The molecular weight excluding hydrogens is 438 g/mol. The van der Waals surface area contributed by atoms with Gasteiger partial charge in [-0.1, -0.05) is 13.8 Å². The van der Waals surface area contributed by atoms with Gasteiger partial charge in [0.25, 0.3) is 0 Å². The summed E-state index contributed by atoms with van der Waals surface area (Å²) in [5, 5.41) is 0. The second-order valence-corrected chi connectivity index (χ2v) is 12.7. The molecule has 5 heteroatoms. The number of rotatable bonds is 3. The third-order valence-electron chi connectivity index (χ3n) is 11.2. The minimum absolute atomic E-state index is 0.0272. The molecule has 5 aliphatic rings. The van der Waals surface area contributed by atoms with Gasteiger partial charge in [-0.3, -0.25) is 9.69 Å². The van der Waals surface area contributed by atoms with E-state index in [2.05, 4.69) is 24.8 Å². The fourth-order valence-corrected chi connectivity index (χ4v) is 9.42. The van der Waals surface area contributed by atoms with Gasteiger partial charge in [0.05, 0.1) is 19.5 Å². The second-order valence-electron chi connectivity index (χ2n) is 12.7. The quantitative estimate of drug-likeness (QED) is 0.500. The van der Waals surface area contributed by atoms with Gasteiger partial charge in [-0.2, -0.15) is 0 Å². The summed E-state index contributed by atoms with van der Waals surface area (Å²) < 4.78 is 17.4. The first-order chi connectivity index (χ1) is 16.9. The highest BCUT2D eigenvalue weighted by Gasteiger charge is 2.62. The van der Waals surface area contributed by atoms with Crippen LogP contribution in [0.5, 0.6) is 0 Å². The van der Waals surface area contributed by atoms with Crippen molar-refractivity contribution in [3.05, 3.63) is 29.7 Å². The van der Waals surface area contributed by atoms with E-state index in [1.165, 1.54) is 44.1 Å². The summed E-state index contributed by atoms with van der Waals surface area (Å²) in [6.45, 7) is 10.7. The van der Waals surface area contributed by atoms with E-state index in [1.54, 1.807) is 13.2 Å². The van der Waals surface area contributed by atoms with Crippen LogP contribution in [-0.2, 0) is 14.3 Å². The monoisotopic (exact) mass is 481 g/mol. The van der Waals surface area contributed by atoms with E-state index in [0.29, 0.717) is 11.3 Å². The predicted octanol–water partition coefficient (Wildman–Crippen LogP) is 5.95. The Labute approximate surface area is 210 Å². The van der Waals surface area contributed by atoms with Crippen LogP contribution in [0, 0.1) is 34.5 Å². The molecule has 0 unspecified atom stereocenters. The lowest BCUT2D eigenvalue weighted by molar-refractivity contribution is -0.160. The summed E-state index contributed by atoms with van der Waals surface area (Å²) in [4.78, 5) is 14.9. The molecule has 5 nitrogen and oxygen atoms in total. The number of carbonyl (C=O) groups excluding carboxylic acids is 1. The first-order valence-corrected chi connectivity index (χ1v) is 14.1. The number of furan rings is 1. The first-order valence-electron chi connectivity index (χ1n) is 14.1. The third kappa shape index (κ3) is 4.01. The van der Waals surface area contributed by atoms with Crippen LogP contribution in [0.15, 0.2) is 28.4 Å². The molecule has 1 aliphatic heterocycles. The summed E-state index contributed by atoms with van der Waals surface area (Å²) in [6.07, 6.45) is 14.0. The van der Waals surface area contributed by atoms with Crippen molar-refractivity contribution < 1.29 is 18.7 Å². The number of carbonyl (C=O) groups is 1. The van der Waals surface area contributed by atoms with E-state index in [9.17, 15) is 4.79 Å². The molecule has 2 heterocycles. The van der Waals surface area contributed by atoms with Crippen molar-refractivity contribution >= 4 is 12.0 Å². The van der Waals surface area contributed by atoms with Crippen molar-refractivity contribution in [2.75, 3.05) is 26.3 Å². The number of nitrogens with zero attached hydrogens (tertiary/aromatic N) is 1. The van der Waals surface area contributed by atoms with Crippen molar-refractivity contribution in [3.63, 3.8) is 0 Å². The smallest absolute Gasteiger partial charge is 0.303 e. The Morgan fingerprint density at radius 2 is 1.89 bits per heavy atom. The second kappa shape index (κ2) is 9.06. The van der Waals surface area contributed by atoms with E-state index in [4.69, 9.17) is 13.9 Å². The highest BCUT2D eigenvalue weighted by atomic mass is 16.5. The van der Waals surface area contributed by atoms with Crippen LogP contribution in [-0.4, -0.2) is 49.3 Å². The maximum Gasteiger partial charge on any atom is 0.303 e. The van der Waals surface area contributed by atoms with Crippen LogP contribution in [0.25, 0.3) is 6.08 Å². The van der Waals surface area contributed by atoms with E-state index >= 15 is 0 Å². The van der Waals surface area contributed by atoms with Crippen LogP contribution in [0.2, 0.25) is 0 Å². The van der Waals surface area contributed by atoms with Crippen molar-refractivity contribution in [2.45, 2.75) is 84.3 Å². The van der Waals surface area contributed by atoms with Crippen molar-refractivity contribution in [1.82, 2.24) is 4.90 Å². The van der Waals surface area contributed by atoms with Crippen LogP contribution in [0.1, 0.15) is 77.9 Å². The molecule has 0 spiro atoms. The van der Waals surface area contributed by atoms with Crippen molar-refractivity contribution in [2.24, 2.45) is 34.5 Å². The molecule has 1 saturated heterocycles. The summed E-state index contributed by atoms with van der Waals surface area (Å²) >= 11 is 0. The molecule has 8 atom stereocenters. The van der Waals surface area contributed by atoms with Crippen molar-refractivity contribution in [3.8, 4) is 0 Å². The molecule has 1 aromatic rings. The summed E-state index contributed by atoms with van der Waals surface area (Å²) in [6, 6.07) is 4.69. The highest BCUT2D eigenvalue weighted by Crippen LogP contribution is 2.67. The Kier molecular flexibility index (Phi) is 6.16. The molecule has 0 N–H and O–H groups in total. The number of esters is 1. The molecule has 35 heavy (non-hydrogen) atoms. The Morgan fingerprint density at radius 3 is 2.63 bits per heavy atom. The molecule has 5 fully saturated rings. The minimum atomic E-state index is -0.165. The number of ether oxygens (including phenoxy) is 2. The first kappa shape index (κ1) is 23.8. The summed E-state index contributed by atoms with van der Waals surface area (Å²) in [7, 11) is 0. The lowest BCUT2D eigenvalue weighted by atomic mass is 9.45. The molecule has 1 aromatic heterocycles. The van der Waals surface area contributed by atoms with Gasteiger partial charge in [0.1, 0.15) is 11.9 Å². The Bertz CT molecular complexity index is 950. The zero-order valence-electron chi connectivity index (χ0n) is 21.8. The largest absolute Gasteiger partial charge is 0.465 e. The highest BCUT2D eigenvalue weighted by molar-refractivity contribution is 5.67. The van der Waals surface area contributed by atoms with Gasteiger partial charge in [0.15, 0.2) is 0 Å². The molecule has 0 radical (unpaired) electrons. The minimum Gasteiger partial charge on any atom is -0.465 e. The molecular formula is C30H43NO4. The van der Waals surface area contributed by atoms with Gasteiger partial charge < -0.3 is 13.9 Å². The van der Waals surface area contributed by atoms with Crippen molar-refractivity contribution in [1.29, 1.82) is 0 Å². The molecule has 0 amide bonds. The van der Waals surface area contributed by atoms with E-state index in [0.717, 1.165) is 68.7 Å². The SMILES string of the molecule is CC(=O)O[C@H]1/C(=C/c2ccco2)C[C@H]2[C@@H]3CC[C@H]4C[C@@H](N5CCOCC5)CC[C@]4(C)[C@H]3CC[C@]12C. The molecule has 4 saturated carbocycles. The Morgan fingerprint density at radius 1 is 1.09 bits per heavy atom. The number of hydrogen-bond acceptors (Lipinski definition) is 5. The molecule has 0 bridgehead atoms. The number of morpholine rings is 1. The average Bonchev–Trinajstić information content (AvgIpc) is 3.45. The van der Waals surface area contributed by atoms with Crippen LogP contribution in [0.4, 0.5) is 0 Å². The standard InChI is InChI=1S/C30H43NO4/c1-20(32)35-28-21(17-24-5-4-14-34-24)18-27-25-7-6-22-19-23(31-12-15-33-16-13-31)8-10-29(22,2)26(25)9-11-30(27,28)3/h4-5,14,17,22-23,25-28H,6-13,15-16,18-19H2,1-3H3/b21-17+/t22-,23-,25+,26-,27-,28-,29-,30-/m0/s1. The number of fused-ring (bicyclic) bond motifs is 5. The predicted molar refractivity (Wildman–Crippen MR) is 136 cm³/mol. The van der Waals surface area contributed by atoms with Gasteiger partial charge >= 0.3 is 5.97 Å². The van der Waals surface area contributed by atoms with E-state index in [-0.39, 0.29) is 17.5 Å². The van der Waals surface area contributed by atoms with Crippen LogP contribution >= 0.6 is 0 Å². The van der Waals surface area contributed by atoms with Crippen LogP contribution in [0.3, 0.4) is 0 Å². The Hall–Kier alpha value is -1.59. The fraction of sp³-hybridized carbons (Fsp3) is 0.767. The average molecular weight is 482 g/mol. The molecule has 192 valence electrons. The van der Waals surface area contributed by atoms with Gasteiger partial charge in [0.2, 0.25) is 0 Å². The van der Waals surface area contributed by atoms with Gasteiger partial charge in [-0.05, 0) is 104 Å². The number of hydrogen-bond donors (Lipinski definition) is 0. The van der Waals surface area contributed by atoms with Gasteiger partial charge in [0, 0.05) is 31.5 Å². The molecule has 4 aliphatic carbocycles. The van der Waals surface area contributed by atoms with Gasteiger partial charge in [-0.15, -0.1) is 0 Å². The maximum atomic E-state index is 12.2. The Balaban J connectivity index is 1.24. The van der Waals surface area contributed by atoms with Crippen LogP contribution < -0.4 is 0 Å². The van der Waals surface area contributed by atoms with E-state index in [1.807, 2.05) is 12.1 Å². The topological polar surface area (TPSA) is 51.9 Å². The lowest BCUT2D eigenvalue weighted by Crippen LogP contribution is -2.56. The molecule has 6 rings (SSSR count). The summed E-state index contributed by atoms with van der Waals surface area (Å²) in [5.74, 6) is 3.66. The molecule has 0 aromatic carbocycles. The summed E-state index contributed by atoms with van der Waals surface area (Å²) in [5.41, 5.74) is 1.74. The third-order valence-corrected chi connectivity index (χ3v) is 11.2. The lowest BCUT2D eigenvalue weighted by Gasteiger charge is -2.61.